The Bertz CT molecular complexity index is 1070. The van der Waals surface area contributed by atoms with Gasteiger partial charge in [-0.05, 0) is 43.4 Å². The summed E-state index contributed by atoms with van der Waals surface area (Å²) >= 11 is 0. The predicted molar refractivity (Wildman–Crippen MR) is 138 cm³/mol. The Hall–Kier alpha value is -3.48. The van der Waals surface area contributed by atoms with Crippen LogP contribution >= 0.6 is 0 Å². The van der Waals surface area contributed by atoms with Crippen molar-refractivity contribution in [3.63, 3.8) is 0 Å². The number of aliphatic hydroxyl groups is 1. The number of aliphatic carboxylic acids is 1. The van der Waals surface area contributed by atoms with Crippen molar-refractivity contribution in [3.8, 4) is 0 Å². The predicted octanol–water partition coefficient (Wildman–Crippen LogP) is -0.646. The van der Waals surface area contributed by atoms with Gasteiger partial charge < -0.3 is 42.6 Å². The molecule has 2 rings (SSSR count). The molecule has 0 saturated carbocycles. The number of H-pyrrole nitrogens is 1. The van der Waals surface area contributed by atoms with Crippen molar-refractivity contribution in [2.24, 2.45) is 17.4 Å². The average Bonchev–Trinajstić information content (AvgIpc) is 3.28. The third kappa shape index (κ3) is 8.55. The molecule has 0 spiro atoms. The molecule has 1 aromatic carbocycles. The molecule has 2 aromatic rings. The number of carbonyl (C=O) groups is 4. The van der Waals surface area contributed by atoms with E-state index in [4.69, 9.17) is 11.5 Å². The number of aromatic nitrogens is 1. The van der Waals surface area contributed by atoms with Crippen LogP contribution in [0.15, 0.2) is 30.5 Å². The Morgan fingerprint density at radius 2 is 1.57 bits per heavy atom. The van der Waals surface area contributed by atoms with Crippen LogP contribution in [-0.4, -0.2) is 76.2 Å². The van der Waals surface area contributed by atoms with Crippen LogP contribution in [0.25, 0.3) is 10.9 Å². The number of fused-ring (bicyclic) bond motifs is 1. The number of aliphatic hydroxyl groups excluding tert-OH is 1. The molecule has 37 heavy (non-hydrogen) atoms. The van der Waals surface area contributed by atoms with Gasteiger partial charge in [0, 0.05) is 23.5 Å². The molecular weight excluding hydrogens is 480 g/mol. The van der Waals surface area contributed by atoms with Crippen LogP contribution in [0.1, 0.15) is 38.7 Å². The number of amides is 3. The number of carbonyl (C=O) groups excluding carboxylic acids is 3. The van der Waals surface area contributed by atoms with Gasteiger partial charge in [-0.1, -0.05) is 32.0 Å². The van der Waals surface area contributed by atoms with Gasteiger partial charge in [-0.25, -0.2) is 4.79 Å². The molecule has 0 aliphatic heterocycles. The van der Waals surface area contributed by atoms with Gasteiger partial charge in [-0.2, -0.15) is 0 Å². The number of benzene rings is 1. The summed E-state index contributed by atoms with van der Waals surface area (Å²) in [6.07, 6.45) is 3.02. The number of rotatable bonds is 15. The molecule has 0 bridgehead atoms. The fourth-order valence-corrected chi connectivity index (χ4v) is 3.79. The molecule has 3 amide bonds. The summed E-state index contributed by atoms with van der Waals surface area (Å²) in [6.45, 7) is 3.16. The van der Waals surface area contributed by atoms with Crippen LogP contribution in [0.2, 0.25) is 0 Å². The number of aromatic amines is 1. The quantitative estimate of drug-likeness (QED) is 0.142. The maximum Gasteiger partial charge on any atom is 0.326 e. The number of unbranched alkanes of at least 4 members (excludes halogenated alkanes) is 1. The fraction of sp³-hybridized carbons (Fsp3) is 0.520. The van der Waals surface area contributed by atoms with E-state index >= 15 is 0 Å². The summed E-state index contributed by atoms with van der Waals surface area (Å²) < 4.78 is 0. The largest absolute Gasteiger partial charge is 0.480 e. The highest BCUT2D eigenvalue weighted by Gasteiger charge is 2.31. The van der Waals surface area contributed by atoms with Crippen LogP contribution in [-0.2, 0) is 25.6 Å². The topological polar surface area (TPSA) is 213 Å². The number of carboxylic acids is 1. The van der Waals surface area contributed by atoms with Crippen LogP contribution in [0.3, 0.4) is 0 Å². The van der Waals surface area contributed by atoms with Crippen LogP contribution < -0.4 is 27.4 Å². The lowest BCUT2D eigenvalue weighted by Gasteiger charge is -2.25. The normalized spacial score (nSPS) is 14.5. The van der Waals surface area contributed by atoms with E-state index in [1.54, 1.807) is 20.0 Å². The first-order valence-corrected chi connectivity index (χ1v) is 12.3. The SMILES string of the molecule is CC(C)C(N)C(=O)NC(CO)C(=O)NC(Cc1c[nH]c2ccccc12)C(=O)NC(CCCCN)C(=O)O. The molecule has 204 valence electrons. The van der Waals surface area contributed by atoms with Gasteiger partial charge in [-0.15, -0.1) is 0 Å². The number of para-hydroxylation sites is 1. The Morgan fingerprint density at radius 3 is 2.19 bits per heavy atom. The van der Waals surface area contributed by atoms with Crippen LogP contribution in [0.5, 0.6) is 0 Å². The van der Waals surface area contributed by atoms with Crippen molar-refractivity contribution >= 4 is 34.6 Å². The van der Waals surface area contributed by atoms with Gasteiger partial charge in [0.25, 0.3) is 0 Å². The highest BCUT2D eigenvalue weighted by atomic mass is 16.4. The highest BCUT2D eigenvalue weighted by Crippen LogP contribution is 2.19. The van der Waals surface area contributed by atoms with Gasteiger partial charge in [-0.3, -0.25) is 14.4 Å². The van der Waals surface area contributed by atoms with Gasteiger partial charge in [0.15, 0.2) is 0 Å². The molecule has 0 radical (unpaired) electrons. The van der Waals surface area contributed by atoms with Crippen molar-refractivity contribution < 1.29 is 29.4 Å². The molecule has 1 aromatic heterocycles. The second-order valence-electron chi connectivity index (χ2n) is 9.32. The van der Waals surface area contributed by atoms with Crippen LogP contribution in [0, 0.1) is 5.92 Å². The molecule has 0 aliphatic rings. The molecule has 12 heteroatoms. The Morgan fingerprint density at radius 1 is 0.946 bits per heavy atom. The fourth-order valence-electron chi connectivity index (χ4n) is 3.79. The standard InChI is InChI=1S/C25H38N6O6/c1-14(2)21(27)24(35)31-20(13-32)23(34)30-19(11-15-12-28-17-8-4-3-7-16(15)17)22(33)29-18(25(36)37)9-5-6-10-26/h3-4,7-8,12,14,18-21,28,32H,5-6,9-11,13,26-27H2,1-2H3,(H,29,33)(H,30,34)(H,31,35)(H,36,37). The lowest BCUT2D eigenvalue weighted by molar-refractivity contribution is -0.142. The summed E-state index contributed by atoms with van der Waals surface area (Å²) in [4.78, 5) is 53.4. The van der Waals surface area contributed by atoms with E-state index in [1.165, 1.54) is 0 Å². The van der Waals surface area contributed by atoms with E-state index in [0.29, 0.717) is 19.4 Å². The number of nitrogens with one attached hydrogen (secondary N) is 4. The summed E-state index contributed by atoms with van der Waals surface area (Å²) in [5, 5.41) is 27.6. The van der Waals surface area contributed by atoms with Crippen LogP contribution in [0.4, 0.5) is 0 Å². The molecule has 4 atom stereocenters. The first kappa shape index (κ1) is 29.7. The van der Waals surface area contributed by atoms with E-state index in [-0.39, 0.29) is 18.8 Å². The molecular formula is C25H38N6O6. The van der Waals surface area contributed by atoms with Gasteiger partial charge in [0.1, 0.15) is 18.1 Å². The number of carboxylic acid groups (broad SMARTS) is 1. The molecule has 1 heterocycles. The second kappa shape index (κ2) is 14.3. The molecule has 0 fully saturated rings. The number of hydrogen-bond acceptors (Lipinski definition) is 7. The van der Waals surface area contributed by atoms with E-state index in [2.05, 4.69) is 20.9 Å². The molecule has 10 N–H and O–H groups in total. The Kier molecular flexibility index (Phi) is 11.5. The number of hydrogen-bond donors (Lipinski definition) is 8. The van der Waals surface area contributed by atoms with Crippen molar-refractivity contribution in [2.75, 3.05) is 13.2 Å². The molecule has 4 unspecified atom stereocenters. The monoisotopic (exact) mass is 518 g/mol. The zero-order valence-electron chi connectivity index (χ0n) is 21.2. The summed E-state index contributed by atoms with van der Waals surface area (Å²) in [5.74, 6) is -3.53. The summed E-state index contributed by atoms with van der Waals surface area (Å²) in [6, 6.07) is 2.80. The smallest absolute Gasteiger partial charge is 0.326 e. The molecule has 0 aliphatic carbocycles. The number of nitrogens with two attached hydrogens (primary N) is 2. The average molecular weight is 519 g/mol. The Balaban J connectivity index is 2.25. The third-order valence-electron chi connectivity index (χ3n) is 6.13. The molecule has 0 saturated heterocycles. The maximum atomic E-state index is 13.2. The lowest BCUT2D eigenvalue weighted by atomic mass is 10.0. The van der Waals surface area contributed by atoms with Crippen molar-refractivity contribution in [2.45, 2.75) is 63.7 Å². The van der Waals surface area contributed by atoms with Crippen molar-refractivity contribution in [3.05, 3.63) is 36.0 Å². The second-order valence-corrected chi connectivity index (χ2v) is 9.32. The zero-order chi connectivity index (χ0) is 27.5. The van der Waals surface area contributed by atoms with Gasteiger partial charge in [0.05, 0.1) is 12.6 Å². The first-order valence-electron chi connectivity index (χ1n) is 12.3. The lowest BCUT2D eigenvalue weighted by Crippen LogP contribution is -2.59. The van der Waals surface area contributed by atoms with E-state index < -0.39 is 54.5 Å². The van der Waals surface area contributed by atoms with Gasteiger partial charge >= 0.3 is 5.97 Å². The van der Waals surface area contributed by atoms with E-state index in [9.17, 15) is 29.4 Å². The third-order valence-corrected chi connectivity index (χ3v) is 6.13. The first-order chi connectivity index (χ1) is 17.6. The summed E-state index contributed by atoms with van der Waals surface area (Å²) in [7, 11) is 0. The van der Waals surface area contributed by atoms with E-state index in [0.717, 1.165) is 16.5 Å². The molecule has 12 nitrogen and oxygen atoms in total. The van der Waals surface area contributed by atoms with Crippen molar-refractivity contribution in [1.29, 1.82) is 0 Å². The van der Waals surface area contributed by atoms with Crippen molar-refractivity contribution in [1.82, 2.24) is 20.9 Å². The van der Waals surface area contributed by atoms with Gasteiger partial charge in [0.2, 0.25) is 17.7 Å². The minimum atomic E-state index is -1.35. The minimum Gasteiger partial charge on any atom is -0.480 e. The Labute approximate surface area is 215 Å². The zero-order valence-corrected chi connectivity index (χ0v) is 21.2. The highest BCUT2D eigenvalue weighted by molar-refractivity contribution is 5.95. The maximum absolute atomic E-state index is 13.2. The minimum absolute atomic E-state index is 0.0360. The summed E-state index contributed by atoms with van der Waals surface area (Å²) in [5.41, 5.74) is 12.9. The van der Waals surface area contributed by atoms with E-state index in [1.807, 2.05) is 24.3 Å².